The summed E-state index contributed by atoms with van der Waals surface area (Å²) in [5.41, 5.74) is 1.00. The molecule has 5 nitrogen and oxygen atoms in total. The van der Waals surface area contributed by atoms with Gasteiger partial charge in [0.05, 0.1) is 24.2 Å². The van der Waals surface area contributed by atoms with Crippen LogP contribution in [0.4, 0.5) is 0 Å². The monoisotopic (exact) mass is 298 g/mol. The summed E-state index contributed by atoms with van der Waals surface area (Å²) in [5, 5.41) is 0. The third-order valence-corrected chi connectivity index (χ3v) is 5.17. The number of ether oxygens (including phenoxy) is 2. The highest BCUT2D eigenvalue weighted by atomic mass is 32.2. The smallest absolute Gasteiger partial charge is 0.297 e. The molecule has 0 saturated carbocycles. The molecule has 1 aromatic carbocycles. The molecule has 1 aromatic rings. The van der Waals surface area contributed by atoms with Crippen LogP contribution in [0.1, 0.15) is 12.5 Å². The molecule has 0 radical (unpaired) electrons. The number of fused-ring (bicyclic) bond motifs is 1. The van der Waals surface area contributed by atoms with E-state index in [1.54, 1.807) is 24.3 Å². The zero-order chi connectivity index (χ0) is 14.3. The van der Waals surface area contributed by atoms with Crippen LogP contribution in [0, 0.1) is 12.8 Å². The van der Waals surface area contributed by atoms with E-state index >= 15 is 0 Å². The summed E-state index contributed by atoms with van der Waals surface area (Å²) in [6, 6.07) is 6.60. The van der Waals surface area contributed by atoms with Crippen LogP contribution in [-0.2, 0) is 23.8 Å². The van der Waals surface area contributed by atoms with Crippen molar-refractivity contribution in [1.82, 2.24) is 0 Å². The summed E-state index contributed by atoms with van der Waals surface area (Å²) >= 11 is 0. The molecule has 6 heteroatoms. The average molecular weight is 298 g/mol. The lowest BCUT2D eigenvalue weighted by Gasteiger charge is -2.16. The molecule has 0 amide bonds. The van der Waals surface area contributed by atoms with E-state index in [4.69, 9.17) is 13.7 Å². The minimum atomic E-state index is -3.78. The quantitative estimate of drug-likeness (QED) is 0.791. The molecular weight excluding hydrogens is 280 g/mol. The molecule has 3 rings (SSSR count). The van der Waals surface area contributed by atoms with Crippen molar-refractivity contribution in [3.8, 4) is 0 Å². The lowest BCUT2D eigenvalue weighted by atomic mass is 10.0. The van der Waals surface area contributed by atoms with Gasteiger partial charge in [-0.25, -0.2) is 0 Å². The molecule has 0 aromatic heterocycles. The van der Waals surface area contributed by atoms with E-state index in [1.807, 2.05) is 13.8 Å². The predicted molar refractivity (Wildman–Crippen MR) is 71.9 cm³/mol. The summed E-state index contributed by atoms with van der Waals surface area (Å²) in [6.07, 6.45) is -0.908. The summed E-state index contributed by atoms with van der Waals surface area (Å²) in [5.74, 6) is 0.274. The molecule has 0 aliphatic carbocycles. The fraction of sp³-hybridized carbons (Fsp3) is 0.571. The fourth-order valence-corrected chi connectivity index (χ4v) is 3.73. The highest BCUT2D eigenvalue weighted by molar-refractivity contribution is 7.86. The van der Waals surface area contributed by atoms with Crippen LogP contribution < -0.4 is 0 Å². The number of hydrogen-bond donors (Lipinski definition) is 0. The second-order valence-corrected chi connectivity index (χ2v) is 7.05. The summed E-state index contributed by atoms with van der Waals surface area (Å²) in [4.78, 5) is 0.164. The second-order valence-electron chi connectivity index (χ2n) is 5.48. The van der Waals surface area contributed by atoms with Crippen molar-refractivity contribution in [3.05, 3.63) is 29.8 Å². The first-order valence-corrected chi connectivity index (χ1v) is 8.11. The van der Waals surface area contributed by atoms with E-state index in [0.29, 0.717) is 6.61 Å². The highest BCUT2D eigenvalue weighted by Crippen LogP contribution is 2.33. The third kappa shape index (κ3) is 2.48. The maximum absolute atomic E-state index is 12.2. The van der Waals surface area contributed by atoms with Crippen LogP contribution in [0.5, 0.6) is 0 Å². The Labute approximate surface area is 119 Å². The van der Waals surface area contributed by atoms with Crippen LogP contribution in [0.2, 0.25) is 0 Å². The van der Waals surface area contributed by atoms with Crippen LogP contribution in [0.15, 0.2) is 29.2 Å². The topological polar surface area (TPSA) is 61.8 Å². The standard InChI is InChI=1S/C14H18O5S/c1-9-3-5-11(6-4-9)20(15,16)19-12-8-18-13-10(2)7-17-14(12)13/h3-6,10,12-14H,7-8H2,1-2H3/t10-,12-,13+,14+/m0/s1. The zero-order valence-corrected chi connectivity index (χ0v) is 12.3. The molecule has 2 aliphatic rings. The van der Waals surface area contributed by atoms with Crippen LogP contribution >= 0.6 is 0 Å². The average Bonchev–Trinajstić information content (AvgIpc) is 2.95. The zero-order valence-electron chi connectivity index (χ0n) is 11.5. The molecule has 2 aliphatic heterocycles. The Morgan fingerprint density at radius 2 is 1.75 bits per heavy atom. The van der Waals surface area contributed by atoms with Crippen LogP contribution in [0.25, 0.3) is 0 Å². The minimum absolute atomic E-state index is 0.0618. The van der Waals surface area contributed by atoms with Gasteiger partial charge in [-0.2, -0.15) is 8.42 Å². The maximum Gasteiger partial charge on any atom is 0.297 e. The van der Waals surface area contributed by atoms with Crippen LogP contribution in [0.3, 0.4) is 0 Å². The van der Waals surface area contributed by atoms with Crippen LogP contribution in [-0.4, -0.2) is 39.9 Å². The van der Waals surface area contributed by atoms with E-state index in [9.17, 15) is 8.42 Å². The van der Waals surface area contributed by atoms with Crippen molar-refractivity contribution in [2.75, 3.05) is 13.2 Å². The van der Waals surface area contributed by atoms with E-state index < -0.39 is 16.2 Å². The number of rotatable bonds is 3. The van der Waals surface area contributed by atoms with E-state index in [-0.39, 0.29) is 29.6 Å². The normalized spacial score (nSPS) is 33.3. The Kier molecular flexibility index (Phi) is 3.58. The number of benzene rings is 1. The van der Waals surface area contributed by atoms with Gasteiger partial charge in [-0.3, -0.25) is 4.18 Å². The van der Waals surface area contributed by atoms with Crippen molar-refractivity contribution in [1.29, 1.82) is 0 Å². The first-order chi connectivity index (χ1) is 9.47. The Bertz CT molecular complexity index is 580. The molecule has 2 heterocycles. The van der Waals surface area contributed by atoms with E-state index in [2.05, 4.69) is 0 Å². The molecule has 4 atom stereocenters. The molecule has 2 saturated heterocycles. The van der Waals surface area contributed by atoms with Crippen molar-refractivity contribution < 1.29 is 22.1 Å². The molecule has 0 spiro atoms. The summed E-state index contributed by atoms with van der Waals surface area (Å²) in [7, 11) is -3.78. The Hall–Kier alpha value is -0.950. The predicted octanol–water partition coefficient (Wildman–Crippen LogP) is 1.50. The van der Waals surface area contributed by atoms with Gasteiger partial charge in [0.15, 0.2) is 0 Å². The van der Waals surface area contributed by atoms with Crippen molar-refractivity contribution in [2.45, 2.75) is 37.1 Å². The van der Waals surface area contributed by atoms with Gasteiger partial charge < -0.3 is 9.47 Å². The molecular formula is C14H18O5S. The largest absolute Gasteiger partial charge is 0.372 e. The summed E-state index contributed by atoms with van der Waals surface area (Å²) < 4.78 is 41.0. The lowest BCUT2D eigenvalue weighted by molar-refractivity contribution is 0.0328. The second kappa shape index (κ2) is 5.11. The lowest BCUT2D eigenvalue weighted by Crippen LogP contribution is -2.32. The van der Waals surface area contributed by atoms with E-state index in [1.165, 1.54) is 0 Å². The maximum atomic E-state index is 12.2. The van der Waals surface area contributed by atoms with Gasteiger partial charge in [-0.05, 0) is 19.1 Å². The molecule has 20 heavy (non-hydrogen) atoms. The molecule has 0 unspecified atom stereocenters. The third-order valence-electron chi connectivity index (χ3n) is 3.82. The Morgan fingerprint density at radius 1 is 1.10 bits per heavy atom. The van der Waals surface area contributed by atoms with Gasteiger partial charge in [0, 0.05) is 5.92 Å². The minimum Gasteiger partial charge on any atom is -0.372 e. The Balaban J connectivity index is 1.76. The Morgan fingerprint density at radius 3 is 2.45 bits per heavy atom. The molecule has 0 N–H and O–H groups in total. The van der Waals surface area contributed by atoms with Gasteiger partial charge in [-0.1, -0.05) is 24.6 Å². The van der Waals surface area contributed by atoms with Crippen molar-refractivity contribution in [3.63, 3.8) is 0 Å². The van der Waals surface area contributed by atoms with Gasteiger partial charge >= 0.3 is 0 Å². The summed E-state index contributed by atoms with van der Waals surface area (Å²) in [6.45, 7) is 4.77. The highest BCUT2D eigenvalue weighted by Gasteiger charge is 2.48. The molecule has 0 bridgehead atoms. The molecule has 110 valence electrons. The first-order valence-electron chi connectivity index (χ1n) is 6.70. The van der Waals surface area contributed by atoms with Crippen molar-refractivity contribution in [2.24, 2.45) is 5.92 Å². The molecule has 2 fully saturated rings. The number of hydrogen-bond acceptors (Lipinski definition) is 5. The number of aryl methyl sites for hydroxylation is 1. The van der Waals surface area contributed by atoms with Gasteiger partial charge in [0.2, 0.25) is 0 Å². The first kappa shape index (κ1) is 14.0. The van der Waals surface area contributed by atoms with Gasteiger partial charge in [-0.15, -0.1) is 0 Å². The SMILES string of the molecule is Cc1ccc(S(=O)(=O)O[C@H]2CO[C@H]3[C@@H]2OC[C@@H]3C)cc1. The van der Waals surface area contributed by atoms with Crippen molar-refractivity contribution >= 4 is 10.1 Å². The van der Waals surface area contributed by atoms with Gasteiger partial charge in [0.1, 0.15) is 12.2 Å². The van der Waals surface area contributed by atoms with Gasteiger partial charge in [0.25, 0.3) is 10.1 Å². The fourth-order valence-electron chi connectivity index (χ4n) is 2.66. The van der Waals surface area contributed by atoms with E-state index in [0.717, 1.165) is 5.56 Å².